The van der Waals surface area contributed by atoms with E-state index in [1.165, 1.54) is 6.42 Å². The second-order valence-corrected chi connectivity index (χ2v) is 5.38. The van der Waals surface area contributed by atoms with Crippen LogP contribution in [0.3, 0.4) is 0 Å². The molecule has 0 aromatic carbocycles. The molecule has 0 aliphatic heterocycles. The van der Waals surface area contributed by atoms with E-state index in [1.807, 2.05) is 0 Å². The van der Waals surface area contributed by atoms with Crippen molar-refractivity contribution >= 4 is 5.78 Å². The molecule has 2 fully saturated rings. The standard InChI is InChI=1S/C10H16O/c1-9(2)6-10(3)4-7(9)8(11)5-10/h7H,4-6H2,1-3H3/t7-,10+/m1/s1. The van der Waals surface area contributed by atoms with Crippen LogP contribution in [-0.4, -0.2) is 5.78 Å². The molecule has 2 aliphatic carbocycles. The number of carbonyl (C=O) groups is 1. The predicted molar refractivity (Wildman–Crippen MR) is 44.2 cm³/mol. The van der Waals surface area contributed by atoms with Crippen LogP contribution in [0.2, 0.25) is 0 Å². The Kier molecular flexibility index (Phi) is 1.13. The van der Waals surface area contributed by atoms with Crippen molar-refractivity contribution in [1.82, 2.24) is 0 Å². The van der Waals surface area contributed by atoms with Gasteiger partial charge in [0, 0.05) is 12.3 Å². The molecule has 2 rings (SSSR count). The Morgan fingerprint density at radius 2 is 2.00 bits per heavy atom. The minimum absolute atomic E-state index is 0.296. The van der Waals surface area contributed by atoms with Crippen LogP contribution in [0.1, 0.15) is 40.0 Å². The fourth-order valence-electron chi connectivity index (χ4n) is 3.29. The lowest BCUT2D eigenvalue weighted by Gasteiger charge is -2.31. The molecule has 0 aromatic rings. The largest absolute Gasteiger partial charge is 0.299 e. The van der Waals surface area contributed by atoms with Crippen molar-refractivity contribution in [1.29, 1.82) is 0 Å². The molecule has 2 saturated carbocycles. The van der Waals surface area contributed by atoms with Gasteiger partial charge in [-0.05, 0) is 23.7 Å². The highest BCUT2D eigenvalue weighted by Gasteiger charge is 2.56. The second kappa shape index (κ2) is 1.70. The van der Waals surface area contributed by atoms with Gasteiger partial charge in [0.05, 0.1) is 0 Å². The first kappa shape index (κ1) is 7.33. The first-order chi connectivity index (χ1) is 4.93. The van der Waals surface area contributed by atoms with Gasteiger partial charge < -0.3 is 0 Å². The van der Waals surface area contributed by atoms with Gasteiger partial charge in [0.1, 0.15) is 5.78 Å². The van der Waals surface area contributed by atoms with Crippen molar-refractivity contribution in [2.45, 2.75) is 40.0 Å². The maximum absolute atomic E-state index is 11.5. The van der Waals surface area contributed by atoms with E-state index in [1.54, 1.807) is 0 Å². The third kappa shape index (κ3) is 0.863. The van der Waals surface area contributed by atoms with Crippen molar-refractivity contribution in [3.05, 3.63) is 0 Å². The van der Waals surface area contributed by atoms with Crippen molar-refractivity contribution in [2.75, 3.05) is 0 Å². The highest BCUT2D eigenvalue weighted by molar-refractivity contribution is 5.86. The molecule has 1 heteroatoms. The summed E-state index contributed by atoms with van der Waals surface area (Å²) in [6, 6.07) is 0. The summed E-state index contributed by atoms with van der Waals surface area (Å²) < 4.78 is 0. The van der Waals surface area contributed by atoms with E-state index in [9.17, 15) is 4.79 Å². The van der Waals surface area contributed by atoms with Crippen molar-refractivity contribution < 1.29 is 4.79 Å². The van der Waals surface area contributed by atoms with Crippen molar-refractivity contribution in [3.63, 3.8) is 0 Å². The van der Waals surface area contributed by atoms with Crippen LogP contribution in [0.25, 0.3) is 0 Å². The number of hydrogen-bond acceptors (Lipinski definition) is 1. The number of carbonyl (C=O) groups excluding carboxylic acids is 1. The van der Waals surface area contributed by atoms with Gasteiger partial charge in [-0.2, -0.15) is 0 Å². The smallest absolute Gasteiger partial charge is 0.137 e. The lowest BCUT2D eigenvalue weighted by atomic mass is 9.72. The number of ketones is 1. The minimum atomic E-state index is 0.296. The molecule has 0 heterocycles. The Bertz CT molecular complexity index is 214. The summed E-state index contributed by atoms with van der Waals surface area (Å²) in [6.07, 6.45) is 3.25. The minimum Gasteiger partial charge on any atom is -0.299 e. The first-order valence-electron chi connectivity index (χ1n) is 4.46. The molecular weight excluding hydrogens is 136 g/mol. The fourth-order valence-corrected chi connectivity index (χ4v) is 3.29. The summed E-state index contributed by atoms with van der Waals surface area (Å²) >= 11 is 0. The average Bonchev–Trinajstić information content (AvgIpc) is 2.13. The Morgan fingerprint density at radius 3 is 2.27 bits per heavy atom. The molecular formula is C10H16O. The van der Waals surface area contributed by atoms with E-state index >= 15 is 0 Å². The molecule has 0 radical (unpaired) electrons. The third-order valence-corrected chi connectivity index (χ3v) is 3.51. The maximum Gasteiger partial charge on any atom is 0.137 e. The van der Waals surface area contributed by atoms with E-state index in [2.05, 4.69) is 20.8 Å². The highest BCUT2D eigenvalue weighted by Crippen LogP contribution is 2.60. The van der Waals surface area contributed by atoms with Gasteiger partial charge in [-0.1, -0.05) is 20.8 Å². The second-order valence-electron chi connectivity index (χ2n) is 5.38. The summed E-state index contributed by atoms with van der Waals surface area (Å²) in [5.41, 5.74) is 0.662. The van der Waals surface area contributed by atoms with E-state index < -0.39 is 0 Å². The summed E-state index contributed by atoms with van der Waals surface area (Å²) in [7, 11) is 0. The summed E-state index contributed by atoms with van der Waals surface area (Å²) in [6.45, 7) is 6.74. The van der Waals surface area contributed by atoms with Crippen LogP contribution in [0.4, 0.5) is 0 Å². The number of fused-ring (bicyclic) bond motifs is 2. The van der Waals surface area contributed by atoms with E-state index in [0.29, 0.717) is 22.5 Å². The van der Waals surface area contributed by atoms with Gasteiger partial charge in [0.2, 0.25) is 0 Å². The molecule has 2 atom stereocenters. The highest BCUT2D eigenvalue weighted by atomic mass is 16.1. The summed E-state index contributed by atoms with van der Waals surface area (Å²) in [5, 5.41) is 0. The molecule has 0 amide bonds. The van der Waals surface area contributed by atoms with Crippen LogP contribution in [0.15, 0.2) is 0 Å². The number of Topliss-reactive ketones (excluding diaryl/α,β-unsaturated/α-hetero) is 1. The molecule has 2 bridgehead atoms. The molecule has 0 spiro atoms. The lowest BCUT2D eigenvalue weighted by Crippen LogP contribution is -2.29. The van der Waals surface area contributed by atoms with Crippen LogP contribution < -0.4 is 0 Å². The fraction of sp³-hybridized carbons (Fsp3) is 0.900. The van der Waals surface area contributed by atoms with Crippen LogP contribution in [0, 0.1) is 16.7 Å². The molecule has 0 aromatic heterocycles. The third-order valence-electron chi connectivity index (χ3n) is 3.51. The van der Waals surface area contributed by atoms with E-state index in [0.717, 1.165) is 12.8 Å². The van der Waals surface area contributed by atoms with Crippen LogP contribution in [0.5, 0.6) is 0 Å². The molecule has 0 saturated heterocycles. The Morgan fingerprint density at radius 1 is 1.36 bits per heavy atom. The molecule has 1 nitrogen and oxygen atoms in total. The van der Waals surface area contributed by atoms with Crippen molar-refractivity contribution in [3.8, 4) is 0 Å². The zero-order valence-electron chi connectivity index (χ0n) is 7.61. The molecule has 2 aliphatic rings. The Labute approximate surface area is 68.2 Å². The first-order valence-corrected chi connectivity index (χ1v) is 4.46. The molecule has 11 heavy (non-hydrogen) atoms. The zero-order valence-corrected chi connectivity index (χ0v) is 7.61. The SMILES string of the molecule is CC1(C)C[C@]2(C)CC(=O)[C@H]1C2. The van der Waals surface area contributed by atoms with Gasteiger partial charge in [-0.15, -0.1) is 0 Å². The maximum atomic E-state index is 11.5. The van der Waals surface area contributed by atoms with E-state index in [4.69, 9.17) is 0 Å². The molecule has 62 valence electrons. The van der Waals surface area contributed by atoms with Gasteiger partial charge >= 0.3 is 0 Å². The zero-order chi connectivity index (χ0) is 8.28. The monoisotopic (exact) mass is 152 g/mol. The number of hydrogen-bond donors (Lipinski definition) is 0. The van der Waals surface area contributed by atoms with Crippen LogP contribution >= 0.6 is 0 Å². The van der Waals surface area contributed by atoms with E-state index in [-0.39, 0.29) is 0 Å². The van der Waals surface area contributed by atoms with Gasteiger partial charge in [-0.25, -0.2) is 0 Å². The topological polar surface area (TPSA) is 17.1 Å². The van der Waals surface area contributed by atoms with Gasteiger partial charge in [0.15, 0.2) is 0 Å². The summed E-state index contributed by atoms with van der Waals surface area (Å²) in [4.78, 5) is 11.5. The average molecular weight is 152 g/mol. The Hall–Kier alpha value is -0.330. The number of rotatable bonds is 0. The van der Waals surface area contributed by atoms with Gasteiger partial charge in [-0.3, -0.25) is 4.79 Å². The quantitative estimate of drug-likeness (QED) is 0.521. The normalized spacial score (nSPS) is 46.8. The summed E-state index contributed by atoms with van der Waals surface area (Å²) in [5.74, 6) is 0.899. The van der Waals surface area contributed by atoms with Crippen LogP contribution in [-0.2, 0) is 4.79 Å². The molecule has 0 unspecified atom stereocenters. The van der Waals surface area contributed by atoms with Crippen molar-refractivity contribution in [2.24, 2.45) is 16.7 Å². The Balaban J connectivity index is 2.35. The predicted octanol–water partition coefficient (Wildman–Crippen LogP) is 2.40. The van der Waals surface area contributed by atoms with Gasteiger partial charge in [0.25, 0.3) is 0 Å². The lowest BCUT2D eigenvalue weighted by molar-refractivity contribution is -0.125. The molecule has 0 N–H and O–H groups in total.